The summed E-state index contributed by atoms with van der Waals surface area (Å²) in [6, 6.07) is 13.9. The van der Waals surface area contributed by atoms with Crippen LogP contribution >= 0.6 is 0 Å². The number of ether oxygens (including phenoxy) is 2. The minimum Gasteiger partial charge on any atom is -0.490 e. The van der Waals surface area contributed by atoms with Gasteiger partial charge in [-0.25, -0.2) is 4.79 Å². The zero-order chi connectivity index (χ0) is 25.1. The standard InChI is InChI=1S/C27H32N4O5/c1-31-22-12-11-20(15-25(32)28-17-8-5-9-17)36-24(22)16-35-23-13-10-19(14-21(23)26(31)33)30-27(34)29-18-6-3-2-4-7-18/h2-4,6-7,10,13-14,17,20,22,24H,5,8-9,11-12,15-16H2,1H3,(H,28,32)(H2,29,30,34)/t20-,22+,24-/m0/s1. The molecule has 0 spiro atoms. The molecule has 0 bridgehead atoms. The maximum absolute atomic E-state index is 13.4. The van der Waals surface area contributed by atoms with Crippen LogP contribution in [-0.4, -0.2) is 60.7 Å². The van der Waals surface area contributed by atoms with Crippen molar-refractivity contribution in [2.75, 3.05) is 24.3 Å². The van der Waals surface area contributed by atoms with Gasteiger partial charge in [-0.15, -0.1) is 0 Å². The number of nitrogens with zero attached hydrogens (tertiary/aromatic N) is 1. The van der Waals surface area contributed by atoms with Crippen molar-refractivity contribution in [1.82, 2.24) is 10.2 Å². The average molecular weight is 493 g/mol. The molecule has 1 saturated carbocycles. The Morgan fingerprint density at radius 3 is 2.53 bits per heavy atom. The second-order valence-electron chi connectivity index (χ2n) is 9.72. The molecule has 9 nitrogen and oxygen atoms in total. The van der Waals surface area contributed by atoms with Crippen LogP contribution in [0, 0.1) is 0 Å². The number of para-hydroxylation sites is 1. The van der Waals surface area contributed by atoms with Gasteiger partial charge in [0.05, 0.1) is 24.1 Å². The van der Waals surface area contributed by atoms with Crippen molar-refractivity contribution in [2.45, 2.75) is 62.8 Å². The molecule has 3 atom stereocenters. The minimum atomic E-state index is -0.401. The molecule has 5 rings (SSSR count). The van der Waals surface area contributed by atoms with E-state index in [-0.39, 0.29) is 36.7 Å². The molecule has 9 heteroatoms. The molecule has 2 aromatic carbocycles. The van der Waals surface area contributed by atoms with Crippen LogP contribution in [0.5, 0.6) is 5.75 Å². The van der Waals surface area contributed by atoms with E-state index in [4.69, 9.17) is 9.47 Å². The Morgan fingerprint density at radius 2 is 1.78 bits per heavy atom. The van der Waals surface area contributed by atoms with E-state index in [2.05, 4.69) is 16.0 Å². The van der Waals surface area contributed by atoms with Crippen molar-refractivity contribution in [2.24, 2.45) is 0 Å². The van der Waals surface area contributed by atoms with Gasteiger partial charge in [-0.1, -0.05) is 18.2 Å². The number of benzene rings is 2. The molecule has 4 amide bonds. The fourth-order valence-electron chi connectivity index (χ4n) is 4.97. The quantitative estimate of drug-likeness (QED) is 0.589. The van der Waals surface area contributed by atoms with E-state index in [9.17, 15) is 14.4 Å². The van der Waals surface area contributed by atoms with Gasteiger partial charge in [0.2, 0.25) is 5.91 Å². The number of hydrogen-bond acceptors (Lipinski definition) is 5. The second kappa shape index (κ2) is 10.6. The van der Waals surface area contributed by atoms with Crippen molar-refractivity contribution in [3.05, 3.63) is 54.1 Å². The molecule has 0 radical (unpaired) electrons. The van der Waals surface area contributed by atoms with E-state index >= 15 is 0 Å². The number of rotatable bonds is 5. The van der Waals surface area contributed by atoms with Gasteiger partial charge in [-0.3, -0.25) is 9.59 Å². The normalized spacial score (nSPS) is 23.6. The summed E-state index contributed by atoms with van der Waals surface area (Å²) in [6.07, 6.45) is 4.52. The Hall–Kier alpha value is -3.59. The smallest absolute Gasteiger partial charge is 0.323 e. The van der Waals surface area contributed by atoms with Crippen molar-refractivity contribution < 1.29 is 23.9 Å². The van der Waals surface area contributed by atoms with Crippen LogP contribution in [0.25, 0.3) is 0 Å². The van der Waals surface area contributed by atoms with Crippen molar-refractivity contribution >= 4 is 29.2 Å². The Labute approximate surface area is 210 Å². The Balaban J connectivity index is 1.23. The predicted octanol–water partition coefficient (Wildman–Crippen LogP) is 3.77. The molecule has 1 aliphatic carbocycles. The summed E-state index contributed by atoms with van der Waals surface area (Å²) in [4.78, 5) is 39.9. The number of likely N-dealkylation sites (N-methyl/N-ethyl adjacent to an activating group) is 1. The number of nitrogens with one attached hydrogen (secondary N) is 3. The fraction of sp³-hybridized carbons (Fsp3) is 0.444. The number of anilines is 2. The van der Waals surface area contributed by atoms with Crippen LogP contribution in [0.2, 0.25) is 0 Å². The molecule has 190 valence electrons. The predicted molar refractivity (Wildman–Crippen MR) is 135 cm³/mol. The Bertz CT molecular complexity index is 1120. The highest BCUT2D eigenvalue weighted by Crippen LogP contribution is 2.32. The Kier molecular flexibility index (Phi) is 7.09. The maximum atomic E-state index is 13.4. The molecular formula is C27H32N4O5. The lowest BCUT2D eigenvalue weighted by molar-refractivity contribution is -0.135. The van der Waals surface area contributed by atoms with Gasteiger partial charge < -0.3 is 30.3 Å². The number of carbonyl (C=O) groups is 3. The van der Waals surface area contributed by atoms with Gasteiger partial charge in [0.25, 0.3) is 5.91 Å². The lowest BCUT2D eigenvalue weighted by atomic mass is 9.92. The topological polar surface area (TPSA) is 109 Å². The molecule has 3 aliphatic rings. The van der Waals surface area contributed by atoms with Crippen molar-refractivity contribution in [3.63, 3.8) is 0 Å². The highest BCUT2D eigenvalue weighted by molar-refractivity contribution is 6.02. The van der Waals surface area contributed by atoms with Gasteiger partial charge in [0.1, 0.15) is 18.5 Å². The first kappa shape index (κ1) is 24.1. The number of carbonyl (C=O) groups excluding carboxylic acids is 3. The van der Waals surface area contributed by atoms with Crippen LogP contribution in [0.3, 0.4) is 0 Å². The van der Waals surface area contributed by atoms with Crippen LogP contribution < -0.4 is 20.7 Å². The number of urea groups is 1. The third-order valence-corrected chi connectivity index (χ3v) is 7.18. The zero-order valence-electron chi connectivity index (χ0n) is 20.4. The third-order valence-electron chi connectivity index (χ3n) is 7.18. The molecule has 1 saturated heterocycles. The summed E-state index contributed by atoms with van der Waals surface area (Å²) in [7, 11) is 1.77. The third kappa shape index (κ3) is 5.46. The van der Waals surface area contributed by atoms with Crippen molar-refractivity contribution in [3.8, 4) is 5.75 Å². The van der Waals surface area contributed by atoms with E-state index < -0.39 is 6.03 Å². The summed E-state index contributed by atoms with van der Waals surface area (Å²) >= 11 is 0. The molecule has 2 aliphatic heterocycles. The van der Waals surface area contributed by atoms with E-state index in [1.165, 1.54) is 6.42 Å². The van der Waals surface area contributed by atoms with E-state index in [0.717, 1.165) is 19.3 Å². The van der Waals surface area contributed by atoms with E-state index in [1.807, 2.05) is 18.2 Å². The summed E-state index contributed by atoms with van der Waals surface area (Å²) in [6.45, 7) is 0.275. The first-order valence-corrected chi connectivity index (χ1v) is 12.6. The molecule has 2 aromatic rings. The molecule has 3 N–H and O–H groups in total. The summed E-state index contributed by atoms with van der Waals surface area (Å²) in [5.74, 6) is 0.269. The fourth-order valence-corrected chi connectivity index (χ4v) is 4.97. The van der Waals surface area contributed by atoms with Crippen molar-refractivity contribution in [1.29, 1.82) is 0 Å². The molecule has 2 fully saturated rings. The van der Waals surface area contributed by atoms with Gasteiger partial charge >= 0.3 is 6.03 Å². The first-order valence-electron chi connectivity index (χ1n) is 12.6. The Morgan fingerprint density at radius 1 is 1.00 bits per heavy atom. The zero-order valence-corrected chi connectivity index (χ0v) is 20.4. The lowest BCUT2D eigenvalue weighted by Gasteiger charge is -2.42. The summed E-state index contributed by atoms with van der Waals surface area (Å²) in [5, 5.41) is 8.61. The van der Waals surface area contributed by atoms with Gasteiger partial charge in [0, 0.05) is 24.5 Å². The minimum absolute atomic E-state index is 0.0287. The number of fused-ring (bicyclic) bond motifs is 2. The molecule has 0 aromatic heterocycles. The van der Waals surface area contributed by atoms with Crippen LogP contribution in [-0.2, 0) is 9.53 Å². The SMILES string of the molecule is CN1C(=O)c2cc(NC(=O)Nc3ccccc3)ccc2OC[C@@H]2O[C@H](CC(=O)NC3CCC3)CC[C@H]21. The lowest BCUT2D eigenvalue weighted by Crippen LogP contribution is -2.54. The van der Waals surface area contributed by atoms with E-state index in [1.54, 1.807) is 42.3 Å². The average Bonchev–Trinajstić information content (AvgIpc) is 2.84. The molecule has 0 unspecified atom stereocenters. The van der Waals surface area contributed by atoms with Gasteiger partial charge in [0.15, 0.2) is 0 Å². The summed E-state index contributed by atoms with van der Waals surface area (Å²) in [5.41, 5.74) is 1.54. The molecule has 36 heavy (non-hydrogen) atoms. The molecular weight excluding hydrogens is 460 g/mol. The maximum Gasteiger partial charge on any atom is 0.323 e. The van der Waals surface area contributed by atoms with Crippen LogP contribution in [0.15, 0.2) is 48.5 Å². The van der Waals surface area contributed by atoms with Crippen LogP contribution in [0.1, 0.15) is 48.9 Å². The first-order chi connectivity index (χ1) is 17.5. The van der Waals surface area contributed by atoms with Gasteiger partial charge in [-0.2, -0.15) is 0 Å². The monoisotopic (exact) mass is 492 g/mol. The van der Waals surface area contributed by atoms with Crippen LogP contribution in [0.4, 0.5) is 16.2 Å². The summed E-state index contributed by atoms with van der Waals surface area (Å²) < 4.78 is 12.3. The number of hydrogen-bond donors (Lipinski definition) is 3. The largest absolute Gasteiger partial charge is 0.490 e. The second-order valence-corrected chi connectivity index (χ2v) is 9.72. The number of amides is 4. The highest BCUT2D eigenvalue weighted by atomic mass is 16.5. The molecule has 2 heterocycles. The van der Waals surface area contributed by atoms with E-state index in [0.29, 0.717) is 41.6 Å². The highest BCUT2D eigenvalue weighted by Gasteiger charge is 2.39. The van der Waals surface area contributed by atoms with Gasteiger partial charge in [-0.05, 0) is 62.4 Å².